The van der Waals surface area contributed by atoms with Crippen LogP contribution >= 0.6 is 0 Å². The minimum Gasteiger partial charge on any atom is -0.354 e. The van der Waals surface area contributed by atoms with Crippen LogP contribution in [-0.2, 0) is 11.3 Å². The molecule has 2 aromatic heterocycles. The molecule has 0 aromatic carbocycles. The molecule has 0 spiro atoms. The van der Waals surface area contributed by atoms with Crippen LogP contribution < -0.4 is 5.32 Å². The topological polar surface area (TPSA) is 63.1 Å². The van der Waals surface area contributed by atoms with Gasteiger partial charge in [0.15, 0.2) is 5.65 Å². The third-order valence-corrected chi connectivity index (χ3v) is 5.79. The van der Waals surface area contributed by atoms with Gasteiger partial charge in [-0.3, -0.25) is 4.79 Å². The van der Waals surface area contributed by atoms with Gasteiger partial charge >= 0.3 is 0 Å². The van der Waals surface area contributed by atoms with E-state index in [9.17, 15) is 4.79 Å². The molecule has 0 radical (unpaired) electrons. The Balaban J connectivity index is 1.46. The Kier molecular flexibility index (Phi) is 5.53. The standard InChI is InChI=1S/C21H29N5O/c1-16(27)22-11-13-26-21-19(8-5-10-23-21)20(24-26)18-9-12-25(15-18)14-17-6-3-2-4-7-17/h2-3,5,8,10,17-18H,4,6-7,9,11-15H2,1H3,(H,22,27). The van der Waals surface area contributed by atoms with Crippen LogP contribution in [0.25, 0.3) is 11.0 Å². The zero-order chi connectivity index (χ0) is 18.6. The van der Waals surface area contributed by atoms with Gasteiger partial charge in [-0.2, -0.15) is 5.10 Å². The first-order chi connectivity index (χ1) is 13.2. The highest BCUT2D eigenvalue weighted by molar-refractivity contribution is 5.79. The second-order valence-corrected chi connectivity index (χ2v) is 7.86. The number of carbonyl (C=O) groups is 1. The Hall–Kier alpha value is -2.21. The van der Waals surface area contributed by atoms with E-state index in [0.29, 0.717) is 19.0 Å². The fraction of sp³-hybridized carbons (Fsp3) is 0.571. The third kappa shape index (κ3) is 4.21. The van der Waals surface area contributed by atoms with Gasteiger partial charge in [-0.1, -0.05) is 12.2 Å². The SMILES string of the molecule is CC(=O)NCCn1nc(C2CCN(CC3CC=CCC3)C2)c2cccnc21. The molecule has 1 N–H and O–H groups in total. The highest BCUT2D eigenvalue weighted by atomic mass is 16.1. The van der Waals surface area contributed by atoms with E-state index >= 15 is 0 Å². The van der Waals surface area contributed by atoms with Crippen molar-refractivity contribution in [3.8, 4) is 0 Å². The normalized spacial score (nSPS) is 23.1. The Morgan fingerprint density at radius 1 is 1.33 bits per heavy atom. The van der Waals surface area contributed by atoms with Crippen molar-refractivity contribution in [3.63, 3.8) is 0 Å². The number of likely N-dealkylation sites (tertiary alicyclic amines) is 1. The van der Waals surface area contributed by atoms with Crippen molar-refractivity contribution in [2.24, 2.45) is 5.92 Å². The van der Waals surface area contributed by atoms with Gasteiger partial charge < -0.3 is 10.2 Å². The van der Waals surface area contributed by atoms with Crippen LogP contribution in [0.5, 0.6) is 0 Å². The predicted molar refractivity (Wildman–Crippen MR) is 106 cm³/mol. The molecule has 1 saturated heterocycles. The third-order valence-electron chi connectivity index (χ3n) is 5.79. The highest BCUT2D eigenvalue weighted by Crippen LogP contribution is 2.32. The van der Waals surface area contributed by atoms with Crippen molar-refractivity contribution in [2.75, 3.05) is 26.2 Å². The molecule has 27 heavy (non-hydrogen) atoms. The van der Waals surface area contributed by atoms with Gasteiger partial charge in [-0.05, 0) is 50.3 Å². The molecule has 2 aromatic rings. The van der Waals surface area contributed by atoms with Gasteiger partial charge in [0.25, 0.3) is 0 Å². The van der Waals surface area contributed by atoms with Crippen LogP contribution in [0.3, 0.4) is 0 Å². The summed E-state index contributed by atoms with van der Waals surface area (Å²) in [5.41, 5.74) is 2.10. The summed E-state index contributed by atoms with van der Waals surface area (Å²) < 4.78 is 1.95. The van der Waals surface area contributed by atoms with E-state index in [-0.39, 0.29) is 5.91 Å². The van der Waals surface area contributed by atoms with Crippen LogP contribution in [0, 0.1) is 5.92 Å². The van der Waals surface area contributed by atoms with Crippen LogP contribution in [0.1, 0.15) is 44.2 Å². The minimum absolute atomic E-state index is 0.0105. The van der Waals surface area contributed by atoms with Gasteiger partial charge in [0, 0.05) is 44.1 Å². The number of rotatable bonds is 6. The molecule has 0 saturated carbocycles. The van der Waals surface area contributed by atoms with E-state index in [1.807, 2.05) is 16.9 Å². The minimum atomic E-state index is -0.0105. The van der Waals surface area contributed by atoms with E-state index in [0.717, 1.165) is 36.5 Å². The Bertz CT molecular complexity index is 827. The van der Waals surface area contributed by atoms with Crippen LogP contribution in [0.4, 0.5) is 0 Å². The van der Waals surface area contributed by atoms with Crippen molar-refractivity contribution in [1.29, 1.82) is 0 Å². The Morgan fingerprint density at radius 3 is 3.07 bits per heavy atom. The molecule has 1 aliphatic heterocycles. The number of amides is 1. The van der Waals surface area contributed by atoms with Gasteiger partial charge in [0.1, 0.15) is 0 Å². The van der Waals surface area contributed by atoms with Crippen LogP contribution in [0.15, 0.2) is 30.5 Å². The number of hydrogen-bond acceptors (Lipinski definition) is 4. The lowest BCUT2D eigenvalue weighted by Gasteiger charge is -2.24. The fourth-order valence-electron chi connectivity index (χ4n) is 4.44. The quantitative estimate of drug-likeness (QED) is 0.798. The van der Waals surface area contributed by atoms with Crippen molar-refractivity contribution in [3.05, 3.63) is 36.2 Å². The zero-order valence-corrected chi connectivity index (χ0v) is 16.1. The summed E-state index contributed by atoms with van der Waals surface area (Å²) in [6.45, 7) is 6.23. The molecule has 3 heterocycles. The lowest BCUT2D eigenvalue weighted by Crippen LogP contribution is -2.28. The number of nitrogens with one attached hydrogen (secondary N) is 1. The van der Waals surface area contributed by atoms with Crippen molar-refractivity contribution in [2.45, 2.75) is 45.1 Å². The summed E-state index contributed by atoms with van der Waals surface area (Å²) in [7, 11) is 0. The van der Waals surface area contributed by atoms with Crippen LogP contribution in [0.2, 0.25) is 0 Å². The lowest BCUT2D eigenvalue weighted by molar-refractivity contribution is -0.118. The number of allylic oxidation sites excluding steroid dienone is 2. The highest BCUT2D eigenvalue weighted by Gasteiger charge is 2.29. The van der Waals surface area contributed by atoms with E-state index in [1.54, 1.807) is 6.92 Å². The Labute approximate surface area is 160 Å². The Morgan fingerprint density at radius 2 is 2.26 bits per heavy atom. The van der Waals surface area contributed by atoms with Crippen LogP contribution in [-0.4, -0.2) is 51.8 Å². The molecule has 6 nitrogen and oxygen atoms in total. The zero-order valence-electron chi connectivity index (χ0n) is 16.1. The molecule has 6 heteroatoms. The van der Waals surface area contributed by atoms with E-state index < -0.39 is 0 Å². The second kappa shape index (κ2) is 8.21. The predicted octanol–water partition coefficient (Wildman–Crippen LogP) is 2.71. The molecular weight excluding hydrogens is 338 g/mol. The number of pyridine rings is 1. The maximum absolute atomic E-state index is 11.1. The van der Waals surface area contributed by atoms with E-state index in [1.165, 1.54) is 31.5 Å². The molecule has 1 fully saturated rings. The molecule has 2 atom stereocenters. The van der Waals surface area contributed by atoms with E-state index in [2.05, 4.69) is 33.4 Å². The first-order valence-electron chi connectivity index (χ1n) is 10.1. The molecule has 1 aliphatic carbocycles. The monoisotopic (exact) mass is 367 g/mol. The summed E-state index contributed by atoms with van der Waals surface area (Å²) in [5.74, 6) is 1.27. The summed E-state index contributed by atoms with van der Waals surface area (Å²) in [4.78, 5) is 18.3. The summed E-state index contributed by atoms with van der Waals surface area (Å²) in [6, 6.07) is 4.13. The molecule has 2 aliphatic rings. The van der Waals surface area contributed by atoms with Crippen molar-refractivity contribution < 1.29 is 4.79 Å². The number of fused-ring (bicyclic) bond motifs is 1. The lowest BCUT2D eigenvalue weighted by atomic mass is 9.94. The first-order valence-corrected chi connectivity index (χ1v) is 10.1. The maximum Gasteiger partial charge on any atom is 0.216 e. The molecule has 0 bridgehead atoms. The first kappa shape index (κ1) is 18.2. The van der Waals surface area contributed by atoms with Crippen molar-refractivity contribution in [1.82, 2.24) is 25.0 Å². The molecule has 144 valence electrons. The van der Waals surface area contributed by atoms with Crippen molar-refractivity contribution >= 4 is 16.9 Å². The summed E-state index contributed by atoms with van der Waals surface area (Å²) >= 11 is 0. The average molecular weight is 367 g/mol. The summed E-state index contributed by atoms with van der Waals surface area (Å²) in [5, 5.41) is 8.92. The maximum atomic E-state index is 11.1. The molecule has 4 rings (SSSR count). The smallest absolute Gasteiger partial charge is 0.216 e. The number of nitrogens with zero attached hydrogens (tertiary/aromatic N) is 4. The van der Waals surface area contributed by atoms with E-state index in [4.69, 9.17) is 5.10 Å². The van der Waals surface area contributed by atoms with Gasteiger partial charge in [0.2, 0.25) is 5.91 Å². The molecule has 1 amide bonds. The number of carbonyl (C=O) groups excluding carboxylic acids is 1. The largest absolute Gasteiger partial charge is 0.354 e. The van der Waals surface area contributed by atoms with Gasteiger partial charge in [-0.15, -0.1) is 0 Å². The second-order valence-electron chi connectivity index (χ2n) is 7.86. The average Bonchev–Trinajstić information content (AvgIpc) is 3.27. The number of hydrogen-bond donors (Lipinski definition) is 1. The summed E-state index contributed by atoms with van der Waals surface area (Å²) in [6.07, 6.45) is 11.4. The molecular formula is C21H29N5O. The molecule has 2 unspecified atom stereocenters. The number of aromatic nitrogens is 3. The van der Waals surface area contributed by atoms with Gasteiger partial charge in [0.05, 0.1) is 12.2 Å². The fourth-order valence-corrected chi connectivity index (χ4v) is 4.44. The van der Waals surface area contributed by atoms with Gasteiger partial charge in [-0.25, -0.2) is 9.67 Å².